The number of hydrogen-bond donors (Lipinski definition) is 2. The summed E-state index contributed by atoms with van der Waals surface area (Å²) in [6, 6.07) is 0. The monoisotopic (exact) mass is 246 g/mol. The topological polar surface area (TPSA) is 116 Å². The summed E-state index contributed by atoms with van der Waals surface area (Å²) in [6.07, 6.45) is 0. The lowest BCUT2D eigenvalue weighted by molar-refractivity contribution is 0.217. The number of sulfonamides is 2. The molecule has 0 bridgehead atoms. The van der Waals surface area contributed by atoms with Crippen LogP contribution < -0.4 is 9.86 Å². The minimum atomic E-state index is -3.63. The van der Waals surface area contributed by atoms with E-state index >= 15 is 0 Å². The molecule has 0 atom stereocenters. The Morgan fingerprint density at radius 2 is 1.79 bits per heavy atom. The molecule has 0 amide bonds. The average Bonchev–Trinajstić information content (AvgIpc) is 1.98. The van der Waals surface area contributed by atoms with E-state index in [0.717, 1.165) is 0 Å². The van der Waals surface area contributed by atoms with E-state index in [4.69, 9.17) is 0 Å². The van der Waals surface area contributed by atoms with Gasteiger partial charge < -0.3 is 4.74 Å². The molecule has 0 aliphatic carbocycles. The molecule has 0 aromatic rings. The van der Waals surface area contributed by atoms with Crippen LogP contribution in [-0.4, -0.2) is 48.6 Å². The van der Waals surface area contributed by atoms with Gasteiger partial charge in [-0.25, -0.2) is 26.7 Å². The lowest BCUT2D eigenvalue weighted by Gasteiger charge is -2.04. The number of nitrogens with one attached hydrogen (secondary N) is 1. The van der Waals surface area contributed by atoms with Crippen LogP contribution >= 0.6 is 0 Å². The number of methoxy groups -OCH3 is 1. The molecule has 9 heteroatoms. The highest BCUT2D eigenvalue weighted by Crippen LogP contribution is 1.85. The highest BCUT2D eigenvalue weighted by Gasteiger charge is 2.10. The zero-order chi connectivity index (χ0) is 11.2. The van der Waals surface area contributed by atoms with E-state index in [0.29, 0.717) is 0 Å². The fraction of sp³-hybridized carbons (Fsp3) is 1.00. The summed E-state index contributed by atoms with van der Waals surface area (Å²) in [5.41, 5.74) is 0. The summed E-state index contributed by atoms with van der Waals surface area (Å²) < 4.78 is 49.6. The van der Waals surface area contributed by atoms with Crippen LogP contribution in [0.3, 0.4) is 0 Å². The molecule has 14 heavy (non-hydrogen) atoms. The van der Waals surface area contributed by atoms with Crippen molar-refractivity contribution in [1.29, 1.82) is 0 Å². The van der Waals surface area contributed by atoms with Gasteiger partial charge in [0.15, 0.2) is 0 Å². The van der Waals surface area contributed by atoms with Crippen molar-refractivity contribution in [2.45, 2.75) is 0 Å². The lowest BCUT2D eigenvalue weighted by atomic mass is 10.8. The Kier molecular flexibility index (Phi) is 5.52. The predicted molar refractivity (Wildman–Crippen MR) is 51.6 cm³/mol. The molecule has 86 valence electrons. The first-order valence-corrected chi connectivity index (χ1v) is 7.10. The Balaban J connectivity index is 3.89. The lowest BCUT2D eigenvalue weighted by Crippen LogP contribution is -2.33. The van der Waals surface area contributed by atoms with Gasteiger partial charge in [0, 0.05) is 13.7 Å². The number of hydrogen-bond acceptors (Lipinski definition) is 5. The minimum Gasteiger partial charge on any atom is -0.384 e. The molecule has 0 aliphatic heterocycles. The maximum atomic E-state index is 11.0. The Morgan fingerprint density at radius 3 is 2.21 bits per heavy atom. The van der Waals surface area contributed by atoms with E-state index < -0.39 is 25.8 Å². The van der Waals surface area contributed by atoms with E-state index in [2.05, 4.69) is 14.6 Å². The summed E-state index contributed by atoms with van der Waals surface area (Å²) in [5.74, 6) is -0.618. The normalized spacial score (nSPS) is 13.0. The molecule has 0 aromatic heterocycles. The molecule has 0 rings (SSSR count). The van der Waals surface area contributed by atoms with Crippen LogP contribution in [0.25, 0.3) is 0 Å². The first-order chi connectivity index (χ1) is 6.27. The summed E-state index contributed by atoms with van der Waals surface area (Å²) in [7, 11) is -5.71. The molecule has 0 saturated carbocycles. The van der Waals surface area contributed by atoms with Crippen molar-refractivity contribution < 1.29 is 21.6 Å². The number of primary sulfonamides is 1. The van der Waals surface area contributed by atoms with Crippen molar-refractivity contribution in [2.75, 3.05) is 31.8 Å². The van der Waals surface area contributed by atoms with Crippen LogP contribution in [0.2, 0.25) is 0 Å². The fourth-order valence-corrected chi connectivity index (χ4v) is 2.06. The van der Waals surface area contributed by atoms with Crippen LogP contribution in [0.1, 0.15) is 0 Å². The van der Waals surface area contributed by atoms with Gasteiger partial charge in [-0.05, 0) is 0 Å². The summed E-state index contributed by atoms with van der Waals surface area (Å²) in [5, 5.41) is 4.68. The van der Waals surface area contributed by atoms with Crippen molar-refractivity contribution in [3.05, 3.63) is 0 Å². The second kappa shape index (κ2) is 5.61. The number of rotatable bonds is 7. The molecule has 0 saturated heterocycles. The highest BCUT2D eigenvalue weighted by atomic mass is 32.2. The largest absolute Gasteiger partial charge is 0.384 e. The van der Waals surface area contributed by atoms with Crippen LogP contribution in [0.15, 0.2) is 0 Å². The number of ether oxygens (including phenoxy) is 1. The van der Waals surface area contributed by atoms with Gasteiger partial charge in [-0.3, -0.25) is 0 Å². The van der Waals surface area contributed by atoms with E-state index in [9.17, 15) is 16.8 Å². The van der Waals surface area contributed by atoms with Crippen LogP contribution in [0.4, 0.5) is 0 Å². The van der Waals surface area contributed by atoms with Crippen LogP contribution in [0, 0.1) is 0 Å². The first-order valence-electron chi connectivity index (χ1n) is 3.73. The van der Waals surface area contributed by atoms with Crippen molar-refractivity contribution >= 4 is 20.0 Å². The smallest absolute Gasteiger partial charge is 0.213 e. The van der Waals surface area contributed by atoms with E-state index in [1.807, 2.05) is 0 Å². The van der Waals surface area contributed by atoms with E-state index in [1.165, 1.54) is 7.11 Å². The second-order valence-corrected chi connectivity index (χ2v) is 6.23. The standard InChI is InChI=1S/C5H14N2O5S2/c1-12-3-5-14(10,11)7-2-4-13(6,8)9/h7H,2-5H2,1H3,(H2,6,8,9). The zero-order valence-electron chi connectivity index (χ0n) is 7.76. The van der Waals surface area contributed by atoms with E-state index in [-0.39, 0.29) is 18.9 Å². The molecule has 0 spiro atoms. The fourth-order valence-electron chi connectivity index (χ4n) is 0.605. The van der Waals surface area contributed by atoms with Crippen molar-refractivity contribution in [1.82, 2.24) is 4.72 Å². The van der Waals surface area contributed by atoms with Crippen LogP contribution in [-0.2, 0) is 24.8 Å². The first kappa shape index (κ1) is 13.8. The Labute approximate surface area is 83.7 Å². The Hall–Kier alpha value is -0.220. The molecule has 0 unspecified atom stereocenters. The van der Waals surface area contributed by atoms with Gasteiger partial charge in [-0.15, -0.1) is 0 Å². The summed E-state index contributed by atoms with van der Waals surface area (Å²) >= 11 is 0. The molecule has 0 aliphatic rings. The third-order valence-electron chi connectivity index (χ3n) is 1.26. The third kappa shape index (κ3) is 8.38. The van der Waals surface area contributed by atoms with Crippen molar-refractivity contribution in [2.24, 2.45) is 5.14 Å². The van der Waals surface area contributed by atoms with Gasteiger partial charge in [0.1, 0.15) is 0 Å². The SMILES string of the molecule is COCCS(=O)(=O)NCCS(N)(=O)=O. The van der Waals surface area contributed by atoms with Gasteiger partial charge in [-0.1, -0.05) is 0 Å². The number of nitrogens with two attached hydrogens (primary N) is 1. The van der Waals surface area contributed by atoms with Crippen molar-refractivity contribution in [3.8, 4) is 0 Å². The van der Waals surface area contributed by atoms with Crippen molar-refractivity contribution in [3.63, 3.8) is 0 Å². The van der Waals surface area contributed by atoms with Crippen LogP contribution in [0.5, 0.6) is 0 Å². The van der Waals surface area contributed by atoms with Gasteiger partial charge >= 0.3 is 0 Å². The highest BCUT2D eigenvalue weighted by molar-refractivity contribution is 7.90. The quantitative estimate of drug-likeness (QED) is 0.531. The van der Waals surface area contributed by atoms with Gasteiger partial charge in [0.25, 0.3) is 0 Å². The van der Waals surface area contributed by atoms with Gasteiger partial charge in [0.2, 0.25) is 20.0 Å². The molecular formula is C5H14N2O5S2. The Bertz CT molecular complexity index is 346. The molecule has 0 aromatic carbocycles. The molecule has 7 nitrogen and oxygen atoms in total. The molecular weight excluding hydrogens is 232 g/mol. The Morgan fingerprint density at radius 1 is 1.21 bits per heavy atom. The maximum Gasteiger partial charge on any atom is 0.213 e. The third-order valence-corrected chi connectivity index (χ3v) is 3.39. The predicted octanol–water partition coefficient (Wildman–Crippen LogP) is -2.16. The molecule has 0 fully saturated rings. The summed E-state index contributed by atoms with van der Waals surface area (Å²) in [6.45, 7) is -0.157. The average molecular weight is 246 g/mol. The molecule has 3 N–H and O–H groups in total. The maximum absolute atomic E-state index is 11.0. The molecule has 0 heterocycles. The van der Waals surface area contributed by atoms with Gasteiger partial charge in [-0.2, -0.15) is 0 Å². The summed E-state index contributed by atoms with van der Waals surface area (Å²) in [4.78, 5) is 0. The van der Waals surface area contributed by atoms with E-state index in [1.54, 1.807) is 0 Å². The zero-order valence-corrected chi connectivity index (χ0v) is 9.40. The van der Waals surface area contributed by atoms with Gasteiger partial charge in [0.05, 0.1) is 18.1 Å². The minimum absolute atomic E-state index is 0.0602. The molecule has 0 radical (unpaired) electrons. The second-order valence-electron chi connectivity index (χ2n) is 2.57.